The van der Waals surface area contributed by atoms with Crippen LogP contribution < -0.4 is 0 Å². The van der Waals surface area contributed by atoms with Gasteiger partial charge >= 0.3 is 11.9 Å². The second-order valence-electron chi connectivity index (χ2n) is 8.75. The Morgan fingerprint density at radius 2 is 1.57 bits per heavy atom. The maximum atomic E-state index is 14.2. The van der Waals surface area contributed by atoms with Crippen LogP contribution in [-0.4, -0.2) is 66.5 Å². The van der Waals surface area contributed by atoms with Gasteiger partial charge in [-0.3, -0.25) is 14.2 Å². The molecule has 2 N–H and O–H groups in total. The first-order valence-corrected chi connectivity index (χ1v) is 13.2. The summed E-state index contributed by atoms with van der Waals surface area (Å²) in [5.41, 5.74) is -0.0628. The molecule has 30 heavy (non-hydrogen) atoms. The second-order valence-corrected chi connectivity index (χ2v) is 11.4. The molecule has 2 saturated carbocycles. The normalized spacial score (nSPS) is 34.3. The maximum Gasteiger partial charge on any atom is 0.310 e. The first-order chi connectivity index (χ1) is 14.5. The second kappa shape index (κ2) is 11.1. The molecule has 6 atom stereocenters. The number of hydrogen-bond acceptors (Lipinski definition) is 8. The van der Waals surface area contributed by atoms with Gasteiger partial charge in [0, 0.05) is 11.8 Å². The van der Waals surface area contributed by atoms with E-state index in [1.54, 1.807) is 0 Å². The van der Waals surface area contributed by atoms with Gasteiger partial charge in [-0.2, -0.15) is 0 Å². The van der Waals surface area contributed by atoms with Crippen LogP contribution in [0.25, 0.3) is 0 Å². The number of hydrogen-bond donors (Lipinski definition) is 2. The van der Waals surface area contributed by atoms with Crippen molar-refractivity contribution in [2.75, 3.05) is 32.6 Å². The number of ether oxygens (including phenoxy) is 2. The minimum absolute atomic E-state index is 0.0283. The van der Waals surface area contributed by atoms with Crippen molar-refractivity contribution in [3.8, 4) is 0 Å². The molecular formula is C21H35O8P. The number of rotatable bonds is 9. The first-order valence-electron chi connectivity index (χ1n) is 11.3. The summed E-state index contributed by atoms with van der Waals surface area (Å²) in [5, 5.41) is 17.8. The monoisotopic (exact) mass is 446 g/mol. The van der Waals surface area contributed by atoms with Crippen molar-refractivity contribution in [1.82, 2.24) is 0 Å². The van der Waals surface area contributed by atoms with E-state index in [9.17, 15) is 14.2 Å². The van der Waals surface area contributed by atoms with Crippen molar-refractivity contribution in [2.45, 2.75) is 69.6 Å². The Labute approximate surface area is 178 Å². The third kappa shape index (κ3) is 5.64. The predicted molar refractivity (Wildman–Crippen MR) is 109 cm³/mol. The SMILES string of the molecule is O=C(CC(CP1(=O)OC2CCCCC2C2CCCCC21)C(=O)OCCO)OCCO. The molecule has 0 radical (unpaired) electrons. The van der Waals surface area contributed by atoms with Crippen LogP contribution in [-0.2, 0) is 28.2 Å². The molecule has 3 aliphatic rings. The fraction of sp³-hybridized carbons (Fsp3) is 0.905. The Morgan fingerprint density at radius 3 is 2.30 bits per heavy atom. The smallest absolute Gasteiger partial charge is 0.310 e. The van der Waals surface area contributed by atoms with E-state index in [0.717, 1.165) is 44.9 Å². The van der Waals surface area contributed by atoms with Crippen LogP contribution in [0.5, 0.6) is 0 Å². The molecule has 6 unspecified atom stereocenters. The highest BCUT2D eigenvalue weighted by atomic mass is 31.2. The van der Waals surface area contributed by atoms with Crippen molar-refractivity contribution >= 4 is 19.3 Å². The van der Waals surface area contributed by atoms with Crippen LogP contribution in [0.4, 0.5) is 0 Å². The molecule has 2 aliphatic carbocycles. The standard InChI is InChI=1S/C21H35O8P/c22-9-11-27-20(24)13-15(21(25)28-12-10-23)14-30(26)19-8-4-2-6-17(19)16-5-1-3-7-18(16)29-30/h15-19,22-23H,1-14H2. The fourth-order valence-corrected chi connectivity index (χ4v) is 9.23. The average molecular weight is 446 g/mol. The van der Waals surface area contributed by atoms with Crippen LogP contribution in [0.15, 0.2) is 0 Å². The van der Waals surface area contributed by atoms with Gasteiger partial charge in [-0.15, -0.1) is 0 Å². The zero-order valence-corrected chi connectivity index (χ0v) is 18.5. The van der Waals surface area contributed by atoms with Crippen molar-refractivity contribution in [3.05, 3.63) is 0 Å². The summed E-state index contributed by atoms with van der Waals surface area (Å²) in [6.45, 7) is -0.960. The van der Waals surface area contributed by atoms with E-state index >= 15 is 0 Å². The lowest BCUT2D eigenvalue weighted by molar-refractivity contribution is -0.155. The van der Waals surface area contributed by atoms with Crippen LogP contribution in [0.2, 0.25) is 0 Å². The van der Waals surface area contributed by atoms with Crippen LogP contribution >= 0.6 is 7.37 Å². The quantitative estimate of drug-likeness (QED) is 0.410. The molecule has 0 aromatic carbocycles. The van der Waals surface area contributed by atoms with E-state index < -0.39 is 25.2 Å². The minimum atomic E-state index is -3.18. The van der Waals surface area contributed by atoms with Gasteiger partial charge in [0.2, 0.25) is 7.37 Å². The third-order valence-electron chi connectivity index (χ3n) is 6.82. The molecule has 3 rings (SSSR count). The maximum absolute atomic E-state index is 14.2. The summed E-state index contributed by atoms with van der Waals surface area (Å²) in [7, 11) is -3.18. The van der Waals surface area contributed by atoms with Gasteiger partial charge in [0.15, 0.2) is 0 Å². The van der Waals surface area contributed by atoms with Gasteiger partial charge in [0.1, 0.15) is 13.2 Å². The Hall–Kier alpha value is -0.950. The Morgan fingerprint density at radius 1 is 0.933 bits per heavy atom. The Balaban J connectivity index is 1.78. The molecule has 8 nitrogen and oxygen atoms in total. The van der Waals surface area contributed by atoms with E-state index in [0.29, 0.717) is 11.8 Å². The first kappa shape index (κ1) is 23.7. The summed E-state index contributed by atoms with van der Waals surface area (Å²) in [4.78, 5) is 24.7. The molecule has 0 aromatic rings. The summed E-state index contributed by atoms with van der Waals surface area (Å²) >= 11 is 0. The van der Waals surface area contributed by atoms with Crippen LogP contribution in [0.3, 0.4) is 0 Å². The molecule has 0 amide bonds. The summed E-state index contributed by atoms with van der Waals surface area (Å²) in [6.07, 6.45) is 7.95. The van der Waals surface area contributed by atoms with Crippen molar-refractivity contribution < 1.29 is 38.4 Å². The summed E-state index contributed by atoms with van der Waals surface area (Å²) in [6, 6.07) is 0. The molecule has 1 saturated heterocycles. The van der Waals surface area contributed by atoms with E-state index in [2.05, 4.69) is 0 Å². The molecule has 3 fully saturated rings. The molecule has 0 bridgehead atoms. The summed E-state index contributed by atoms with van der Waals surface area (Å²) in [5.74, 6) is -1.45. The van der Waals surface area contributed by atoms with Gasteiger partial charge in [-0.05, 0) is 37.5 Å². The Kier molecular flexibility index (Phi) is 8.75. The zero-order valence-electron chi connectivity index (χ0n) is 17.6. The van der Waals surface area contributed by atoms with Crippen LogP contribution in [0, 0.1) is 17.8 Å². The van der Waals surface area contributed by atoms with Gasteiger partial charge in [0.05, 0.1) is 31.7 Å². The Bertz CT molecular complexity index is 638. The lowest BCUT2D eigenvalue weighted by atomic mass is 9.71. The van der Waals surface area contributed by atoms with Gasteiger partial charge in [-0.25, -0.2) is 0 Å². The number of carbonyl (C=O) groups excluding carboxylic acids is 2. The highest BCUT2D eigenvalue weighted by molar-refractivity contribution is 7.59. The topological polar surface area (TPSA) is 119 Å². The van der Waals surface area contributed by atoms with Gasteiger partial charge in [-0.1, -0.05) is 25.7 Å². The average Bonchev–Trinajstić information content (AvgIpc) is 2.75. The van der Waals surface area contributed by atoms with E-state index in [4.69, 9.17) is 24.2 Å². The third-order valence-corrected chi connectivity index (χ3v) is 10.0. The van der Waals surface area contributed by atoms with Crippen molar-refractivity contribution in [2.24, 2.45) is 17.8 Å². The fourth-order valence-electron chi connectivity index (χ4n) is 5.57. The lowest BCUT2D eigenvalue weighted by Crippen LogP contribution is -2.46. The van der Waals surface area contributed by atoms with E-state index in [1.807, 2.05) is 0 Å². The van der Waals surface area contributed by atoms with Crippen LogP contribution in [0.1, 0.15) is 57.8 Å². The van der Waals surface area contributed by atoms with Gasteiger partial charge in [0.25, 0.3) is 0 Å². The molecule has 172 valence electrons. The minimum Gasteiger partial charge on any atom is -0.463 e. The predicted octanol–water partition coefficient (Wildman–Crippen LogP) is 2.49. The number of esters is 2. The van der Waals surface area contributed by atoms with E-state index in [1.165, 1.54) is 6.42 Å². The molecule has 0 spiro atoms. The molecular weight excluding hydrogens is 411 g/mol. The molecule has 1 heterocycles. The highest BCUT2D eigenvalue weighted by Crippen LogP contribution is 2.67. The molecule has 9 heteroatoms. The lowest BCUT2D eigenvalue weighted by Gasteiger charge is -2.51. The van der Waals surface area contributed by atoms with E-state index in [-0.39, 0.29) is 50.8 Å². The largest absolute Gasteiger partial charge is 0.463 e. The summed E-state index contributed by atoms with van der Waals surface area (Å²) < 4.78 is 30.4. The number of fused-ring (bicyclic) bond motifs is 3. The zero-order chi connectivity index (χ0) is 21.6. The van der Waals surface area contributed by atoms with Crippen molar-refractivity contribution in [1.29, 1.82) is 0 Å². The number of aliphatic hydroxyl groups is 2. The highest BCUT2D eigenvalue weighted by Gasteiger charge is 2.53. The number of aliphatic hydroxyl groups excluding tert-OH is 2. The molecule has 1 aliphatic heterocycles. The number of carbonyl (C=O) groups is 2. The van der Waals surface area contributed by atoms with Gasteiger partial charge < -0.3 is 24.2 Å². The van der Waals surface area contributed by atoms with Crippen molar-refractivity contribution in [3.63, 3.8) is 0 Å². The molecule has 0 aromatic heterocycles.